The zero-order valence-electron chi connectivity index (χ0n) is 13.2. The monoisotopic (exact) mass is 322 g/mol. The number of benzene rings is 1. The molecule has 2 rings (SSSR count). The van der Waals surface area contributed by atoms with Crippen molar-refractivity contribution in [3.8, 4) is 0 Å². The first-order chi connectivity index (χ1) is 10.3. The van der Waals surface area contributed by atoms with E-state index in [4.69, 9.17) is 0 Å². The number of rotatable bonds is 4. The van der Waals surface area contributed by atoms with Crippen molar-refractivity contribution in [2.24, 2.45) is 0 Å². The van der Waals surface area contributed by atoms with E-state index in [0.717, 1.165) is 0 Å². The smallest absolute Gasteiger partial charge is 0.238 e. The van der Waals surface area contributed by atoms with Crippen molar-refractivity contribution in [3.63, 3.8) is 0 Å². The summed E-state index contributed by atoms with van der Waals surface area (Å²) in [6.07, 6.45) is 0. The molecule has 0 aromatic heterocycles. The second kappa shape index (κ2) is 6.71. The second-order valence-corrected chi connectivity index (χ2v) is 7.78. The van der Waals surface area contributed by atoms with Crippen LogP contribution < -0.4 is 5.32 Å². The summed E-state index contributed by atoms with van der Waals surface area (Å²) in [7, 11) is -0.802. The van der Waals surface area contributed by atoms with Gasteiger partial charge in [0.1, 0.15) is 0 Å². The van der Waals surface area contributed by atoms with E-state index >= 15 is 0 Å². The second-order valence-electron chi connectivity index (χ2n) is 6.21. The molecule has 6 heteroatoms. The molecule has 0 radical (unpaired) electrons. The highest BCUT2D eigenvalue weighted by atomic mass is 32.2. The maximum absolute atomic E-state index is 12.2. The zero-order valence-corrected chi connectivity index (χ0v) is 14.0. The Bertz CT molecular complexity index is 613. The lowest BCUT2D eigenvalue weighted by Gasteiger charge is -2.41. The zero-order chi connectivity index (χ0) is 16.3. The molecule has 1 N–H and O–H groups in total. The molecular weight excluding hydrogens is 300 g/mol. The van der Waals surface area contributed by atoms with Crippen molar-refractivity contribution in [2.45, 2.75) is 26.3 Å². The lowest BCUT2D eigenvalue weighted by atomic mass is 10.1. The van der Waals surface area contributed by atoms with Gasteiger partial charge in [0.05, 0.1) is 6.54 Å². The molecular formula is C16H22N2O3S. The fraction of sp³-hybridized carbons (Fsp3) is 0.500. The minimum atomic E-state index is -0.802. The van der Waals surface area contributed by atoms with Crippen LogP contribution in [0, 0.1) is 0 Å². The van der Waals surface area contributed by atoms with Gasteiger partial charge in [-0.3, -0.25) is 18.7 Å². The van der Waals surface area contributed by atoms with Crippen LogP contribution in [0.4, 0.5) is 5.69 Å². The summed E-state index contributed by atoms with van der Waals surface area (Å²) in [6, 6.07) is 6.92. The summed E-state index contributed by atoms with van der Waals surface area (Å²) in [5, 5.41) is 2.82. The van der Waals surface area contributed by atoms with Gasteiger partial charge in [-0.15, -0.1) is 0 Å². The van der Waals surface area contributed by atoms with E-state index in [0.29, 0.717) is 29.3 Å². The van der Waals surface area contributed by atoms with Gasteiger partial charge in [0.2, 0.25) is 5.91 Å². The molecule has 120 valence electrons. The summed E-state index contributed by atoms with van der Waals surface area (Å²) in [6.45, 7) is 6.42. The van der Waals surface area contributed by atoms with Crippen molar-refractivity contribution in [1.29, 1.82) is 0 Å². The van der Waals surface area contributed by atoms with Gasteiger partial charge in [-0.25, -0.2) is 0 Å². The molecule has 1 aliphatic heterocycles. The van der Waals surface area contributed by atoms with Gasteiger partial charge in [-0.05, 0) is 32.9 Å². The molecule has 0 unspecified atom stereocenters. The van der Waals surface area contributed by atoms with Gasteiger partial charge in [0.15, 0.2) is 5.78 Å². The third-order valence-corrected chi connectivity index (χ3v) is 5.51. The number of hydrogen-bond acceptors (Lipinski definition) is 4. The molecule has 5 nitrogen and oxygen atoms in total. The first-order valence-electron chi connectivity index (χ1n) is 7.29. The Morgan fingerprint density at radius 2 is 2.09 bits per heavy atom. The van der Waals surface area contributed by atoms with Crippen LogP contribution in [-0.4, -0.2) is 50.9 Å². The van der Waals surface area contributed by atoms with E-state index < -0.39 is 10.8 Å². The van der Waals surface area contributed by atoms with Gasteiger partial charge in [0.25, 0.3) is 0 Å². The fourth-order valence-corrected chi connectivity index (χ4v) is 4.09. The van der Waals surface area contributed by atoms with Gasteiger partial charge in [-0.2, -0.15) is 0 Å². The number of carbonyl (C=O) groups excluding carboxylic acids is 2. The number of hydrogen-bond donors (Lipinski definition) is 1. The Labute approximate surface area is 133 Å². The van der Waals surface area contributed by atoms with Crippen LogP contribution in [0.15, 0.2) is 24.3 Å². The summed E-state index contributed by atoms with van der Waals surface area (Å²) >= 11 is 0. The molecule has 1 aromatic rings. The number of Topliss-reactive ketones (excluding diaryl/α,β-unsaturated/α-hetero) is 1. The molecule has 1 fully saturated rings. The Morgan fingerprint density at radius 3 is 2.73 bits per heavy atom. The lowest BCUT2D eigenvalue weighted by Crippen LogP contribution is -2.55. The van der Waals surface area contributed by atoms with Crippen LogP contribution in [0.2, 0.25) is 0 Å². The average molecular weight is 322 g/mol. The minimum absolute atomic E-state index is 0.0317. The molecule has 1 heterocycles. The summed E-state index contributed by atoms with van der Waals surface area (Å²) in [4.78, 5) is 25.6. The number of amides is 1. The van der Waals surface area contributed by atoms with Crippen molar-refractivity contribution < 1.29 is 13.8 Å². The number of ketones is 1. The molecule has 1 aliphatic rings. The van der Waals surface area contributed by atoms with Gasteiger partial charge >= 0.3 is 0 Å². The fourth-order valence-electron chi connectivity index (χ4n) is 2.55. The highest BCUT2D eigenvalue weighted by molar-refractivity contribution is 7.85. The molecule has 0 spiro atoms. The Balaban J connectivity index is 2.00. The number of carbonyl (C=O) groups is 2. The maximum atomic E-state index is 12.2. The topological polar surface area (TPSA) is 66.5 Å². The van der Waals surface area contributed by atoms with E-state index in [1.54, 1.807) is 24.3 Å². The Morgan fingerprint density at radius 1 is 1.36 bits per heavy atom. The van der Waals surface area contributed by atoms with Crippen LogP contribution >= 0.6 is 0 Å². The molecule has 0 saturated carbocycles. The largest absolute Gasteiger partial charge is 0.325 e. The third kappa shape index (κ3) is 4.24. The van der Waals surface area contributed by atoms with Gasteiger partial charge in [0, 0.05) is 45.6 Å². The van der Waals surface area contributed by atoms with Crippen LogP contribution in [-0.2, 0) is 15.6 Å². The summed E-state index contributed by atoms with van der Waals surface area (Å²) in [5.41, 5.74) is 0.949. The molecule has 1 saturated heterocycles. The normalized spacial score (nSPS) is 21.3. The molecule has 0 aliphatic carbocycles. The molecule has 22 heavy (non-hydrogen) atoms. The van der Waals surface area contributed by atoms with E-state index in [2.05, 4.69) is 10.2 Å². The third-order valence-electron chi connectivity index (χ3n) is 3.85. The van der Waals surface area contributed by atoms with Crippen molar-refractivity contribution in [1.82, 2.24) is 4.90 Å². The van der Waals surface area contributed by atoms with Crippen LogP contribution in [0.25, 0.3) is 0 Å². The first kappa shape index (κ1) is 16.8. The number of anilines is 1. The van der Waals surface area contributed by atoms with Gasteiger partial charge in [-0.1, -0.05) is 12.1 Å². The maximum Gasteiger partial charge on any atom is 0.238 e. The average Bonchev–Trinajstić information content (AvgIpc) is 2.41. The molecule has 1 atom stereocenters. The van der Waals surface area contributed by atoms with Crippen LogP contribution in [0.1, 0.15) is 31.1 Å². The highest BCUT2D eigenvalue weighted by Crippen LogP contribution is 2.20. The van der Waals surface area contributed by atoms with E-state index in [1.807, 2.05) is 13.8 Å². The Kier molecular flexibility index (Phi) is 5.13. The quantitative estimate of drug-likeness (QED) is 0.856. The number of nitrogens with zero attached hydrogens (tertiary/aromatic N) is 1. The van der Waals surface area contributed by atoms with Crippen LogP contribution in [0.5, 0.6) is 0 Å². The minimum Gasteiger partial charge on any atom is -0.325 e. The molecule has 1 amide bonds. The van der Waals surface area contributed by atoms with E-state index in [9.17, 15) is 13.8 Å². The van der Waals surface area contributed by atoms with E-state index in [1.165, 1.54) is 6.92 Å². The standard InChI is InChI=1S/C16H22N2O3S/c1-12(19)13-5-4-6-14(9-13)17-15(20)10-18-7-8-22(21)11-16(18,2)3/h4-6,9H,7-8,10-11H2,1-3H3,(H,17,20)/t22-/m0/s1. The highest BCUT2D eigenvalue weighted by Gasteiger charge is 2.34. The predicted molar refractivity (Wildman–Crippen MR) is 88.6 cm³/mol. The Hall–Kier alpha value is -1.53. The van der Waals surface area contributed by atoms with Gasteiger partial charge < -0.3 is 5.32 Å². The number of nitrogens with one attached hydrogen (secondary N) is 1. The first-order valence-corrected chi connectivity index (χ1v) is 8.77. The van der Waals surface area contributed by atoms with Crippen molar-refractivity contribution in [3.05, 3.63) is 29.8 Å². The van der Waals surface area contributed by atoms with Crippen molar-refractivity contribution in [2.75, 3.05) is 29.9 Å². The lowest BCUT2D eigenvalue weighted by molar-refractivity contribution is -0.118. The summed E-state index contributed by atoms with van der Waals surface area (Å²) in [5.74, 6) is 1.04. The summed E-state index contributed by atoms with van der Waals surface area (Å²) < 4.78 is 11.7. The molecule has 0 bridgehead atoms. The van der Waals surface area contributed by atoms with Crippen LogP contribution in [0.3, 0.4) is 0 Å². The van der Waals surface area contributed by atoms with Crippen molar-refractivity contribution >= 4 is 28.2 Å². The molecule has 1 aromatic carbocycles. The van der Waals surface area contributed by atoms with E-state index in [-0.39, 0.29) is 23.8 Å². The predicted octanol–water partition coefficient (Wildman–Crippen LogP) is 1.67. The SMILES string of the molecule is CC(=O)c1cccc(NC(=O)CN2CC[S@](=O)CC2(C)C)c1.